The van der Waals surface area contributed by atoms with E-state index in [0.29, 0.717) is 13.2 Å². The van der Waals surface area contributed by atoms with Gasteiger partial charge in [-0.15, -0.1) is 22.7 Å². The van der Waals surface area contributed by atoms with Gasteiger partial charge < -0.3 is 14.0 Å². The van der Waals surface area contributed by atoms with E-state index >= 15 is 0 Å². The van der Waals surface area contributed by atoms with Gasteiger partial charge in [-0.2, -0.15) is 0 Å². The molecule has 1 aromatic carbocycles. The van der Waals surface area contributed by atoms with Gasteiger partial charge in [0, 0.05) is 35.8 Å². The van der Waals surface area contributed by atoms with Crippen LogP contribution < -0.4 is 4.74 Å². The van der Waals surface area contributed by atoms with Crippen molar-refractivity contribution in [3.63, 3.8) is 0 Å². The number of imidazole rings is 1. The van der Waals surface area contributed by atoms with Gasteiger partial charge in [0.05, 0.1) is 43.9 Å². The van der Waals surface area contributed by atoms with E-state index in [-0.39, 0.29) is 6.04 Å². The number of rotatable bonds is 7. The van der Waals surface area contributed by atoms with Crippen LogP contribution in [0.4, 0.5) is 0 Å². The first-order valence-electron chi connectivity index (χ1n) is 9.42. The van der Waals surface area contributed by atoms with E-state index in [1.165, 1.54) is 0 Å². The lowest BCUT2D eigenvalue weighted by atomic mass is 10.2. The van der Waals surface area contributed by atoms with Gasteiger partial charge in [0.1, 0.15) is 28.2 Å². The summed E-state index contributed by atoms with van der Waals surface area (Å²) in [6.45, 7) is 3.62. The van der Waals surface area contributed by atoms with Crippen molar-refractivity contribution in [1.82, 2.24) is 24.4 Å². The van der Waals surface area contributed by atoms with Gasteiger partial charge in [0.25, 0.3) is 0 Å². The SMILES string of the molecule is COc1ccc2c(c1)nc1n2[C@@H](CN(Cc2nccs2)Cc2nccs2)COC1. The maximum absolute atomic E-state index is 5.90. The lowest BCUT2D eigenvalue weighted by molar-refractivity contribution is 0.0402. The molecule has 5 rings (SSSR count). The van der Waals surface area contributed by atoms with Gasteiger partial charge >= 0.3 is 0 Å². The third kappa shape index (κ3) is 3.91. The van der Waals surface area contributed by atoms with Crippen LogP contribution in [0, 0.1) is 0 Å². The van der Waals surface area contributed by atoms with Gasteiger partial charge in [-0.25, -0.2) is 15.0 Å². The Morgan fingerprint density at radius 1 is 1.17 bits per heavy atom. The Balaban J connectivity index is 1.45. The van der Waals surface area contributed by atoms with E-state index in [2.05, 4.69) is 25.5 Å². The molecule has 0 aliphatic carbocycles. The minimum absolute atomic E-state index is 0.178. The van der Waals surface area contributed by atoms with Crippen LogP contribution in [0.25, 0.3) is 11.0 Å². The first-order chi connectivity index (χ1) is 14.3. The highest BCUT2D eigenvalue weighted by atomic mass is 32.1. The third-order valence-electron chi connectivity index (χ3n) is 5.03. The highest BCUT2D eigenvalue weighted by Crippen LogP contribution is 2.29. The van der Waals surface area contributed by atoms with Crippen molar-refractivity contribution >= 4 is 33.7 Å². The van der Waals surface area contributed by atoms with Crippen LogP contribution in [-0.4, -0.2) is 44.7 Å². The molecule has 0 amide bonds. The van der Waals surface area contributed by atoms with E-state index in [4.69, 9.17) is 14.5 Å². The highest BCUT2D eigenvalue weighted by Gasteiger charge is 2.26. The van der Waals surface area contributed by atoms with Crippen molar-refractivity contribution in [2.24, 2.45) is 0 Å². The Labute approximate surface area is 176 Å². The van der Waals surface area contributed by atoms with Crippen LogP contribution >= 0.6 is 22.7 Å². The molecule has 1 aliphatic heterocycles. The second-order valence-electron chi connectivity index (χ2n) is 6.94. The number of nitrogens with zero attached hydrogens (tertiary/aromatic N) is 5. The molecule has 4 heterocycles. The number of benzene rings is 1. The van der Waals surface area contributed by atoms with Crippen LogP contribution in [0.2, 0.25) is 0 Å². The van der Waals surface area contributed by atoms with Crippen molar-refractivity contribution in [3.8, 4) is 5.75 Å². The number of aromatic nitrogens is 4. The van der Waals surface area contributed by atoms with Crippen LogP contribution in [0.3, 0.4) is 0 Å². The molecule has 29 heavy (non-hydrogen) atoms. The summed E-state index contributed by atoms with van der Waals surface area (Å²) in [4.78, 5) is 16.1. The average Bonchev–Trinajstić information content (AvgIpc) is 3.48. The third-order valence-corrected chi connectivity index (χ3v) is 6.56. The molecule has 4 aromatic rings. The number of hydrogen-bond acceptors (Lipinski definition) is 8. The summed E-state index contributed by atoms with van der Waals surface area (Å²) in [7, 11) is 1.68. The summed E-state index contributed by atoms with van der Waals surface area (Å²) in [6, 6.07) is 6.25. The number of thiazole rings is 2. The molecular formula is C20H21N5O2S2. The fourth-order valence-corrected chi connectivity index (χ4v) is 5.10. The predicted octanol–water partition coefficient (Wildman–Crippen LogP) is 3.73. The van der Waals surface area contributed by atoms with E-state index in [1.807, 2.05) is 35.3 Å². The highest BCUT2D eigenvalue weighted by molar-refractivity contribution is 7.09. The molecule has 0 saturated carbocycles. The zero-order valence-corrected chi connectivity index (χ0v) is 17.7. The Bertz CT molecular complexity index is 1040. The molecule has 0 bridgehead atoms. The lowest BCUT2D eigenvalue weighted by Gasteiger charge is -2.31. The van der Waals surface area contributed by atoms with Gasteiger partial charge in [-0.3, -0.25) is 4.90 Å². The summed E-state index contributed by atoms with van der Waals surface area (Å²) in [5.41, 5.74) is 2.07. The molecule has 1 aliphatic rings. The van der Waals surface area contributed by atoms with Gasteiger partial charge in [0.15, 0.2) is 0 Å². The van der Waals surface area contributed by atoms with E-state index in [1.54, 1.807) is 29.8 Å². The fraction of sp³-hybridized carbons (Fsp3) is 0.350. The maximum Gasteiger partial charge on any atom is 0.136 e. The Morgan fingerprint density at radius 3 is 2.59 bits per heavy atom. The van der Waals surface area contributed by atoms with Crippen LogP contribution in [0.15, 0.2) is 41.4 Å². The molecule has 0 radical (unpaired) electrons. The zero-order chi connectivity index (χ0) is 19.6. The molecule has 9 heteroatoms. The van der Waals surface area contributed by atoms with Crippen molar-refractivity contribution in [2.75, 3.05) is 20.3 Å². The molecule has 0 fully saturated rings. The maximum atomic E-state index is 5.90. The van der Waals surface area contributed by atoms with Crippen molar-refractivity contribution in [1.29, 1.82) is 0 Å². The fourth-order valence-electron chi connectivity index (χ4n) is 3.79. The minimum Gasteiger partial charge on any atom is -0.497 e. The van der Waals surface area contributed by atoms with E-state index in [9.17, 15) is 0 Å². The average molecular weight is 428 g/mol. The second-order valence-corrected chi connectivity index (χ2v) is 8.90. The summed E-state index contributed by atoms with van der Waals surface area (Å²) in [5.74, 6) is 1.78. The monoisotopic (exact) mass is 427 g/mol. The largest absolute Gasteiger partial charge is 0.497 e. The van der Waals surface area contributed by atoms with Crippen LogP contribution in [0.5, 0.6) is 5.75 Å². The van der Waals surface area contributed by atoms with Crippen molar-refractivity contribution in [2.45, 2.75) is 25.7 Å². The lowest BCUT2D eigenvalue weighted by Crippen LogP contribution is -2.35. The predicted molar refractivity (Wildman–Crippen MR) is 113 cm³/mol. The number of hydrogen-bond donors (Lipinski definition) is 0. The molecule has 0 unspecified atom stereocenters. The molecule has 0 N–H and O–H groups in total. The quantitative estimate of drug-likeness (QED) is 0.448. The van der Waals surface area contributed by atoms with E-state index < -0.39 is 0 Å². The van der Waals surface area contributed by atoms with Crippen molar-refractivity contribution in [3.05, 3.63) is 57.2 Å². The Morgan fingerprint density at radius 2 is 1.93 bits per heavy atom. The first-order valence-corrected chi connectivity index (χ1v) is 11.2. The standard InChI is InChI=1S/C20H21N5O2S2/c1-26-15-2-3-17-16(8-15)23-18-13-27-12-14(25(17)18)9-24(10-19-21-4-6-28-19)11-20-22-5-7-29-20/h2-8,14H,9-13H2,1H3/t14-/m0/s1. The van der Waals surface area contributed by atoms with Gasteiger partial charge in [-0.1, -0.05) is 0 Å². The number of methoxy groups -OCH3 is 1. The topological polar surface area (TPSA) is 65.3 Å². The van der Waals surface area contributed by atoms with Crippen LogP contribution in [-0.2, 0) is 24.4 Å². The summed E-state index contributed by atoms with van der Waals surface area (Å²) in [5, 5.41) is 6.27. The van der Waals surface area contributed by atoms with Crippen LogP contribution in [0.1, 0.15) is 21.9 Å². The molecule has 150 valence electrons. The minimum atomic E-state index is 0.178. The Kier molecular flexibility index (Phi) is 5.28. The summed E-state index contributed by atoms with van der Waals surface area (Å²) >= 11 is 3.37. The molecule has 7 nitrogen and oxygen atoms in total. The summed E-state index contributed by atoms with van der Waals surface area (Å²) in [6.07, 6.45) is 3.72. The van der Waals surface area contributed by atoms with E-state index in [0.717, 1.165) is 52.3 Å². The molecular weight excluding hydrogens is 406 g/mol. The molecule has 3 aromatic heterocycles. The van der Waals surface area contributed by atoms with Gasteiger partial charge in [0.2, 0.25) is 0 Å². The second kappa shape index (κ2) is 8.19. The number of ether oxygens (including phenoxy) is 2. The Hall–Kier alpha value is -2.33. The van der Waals surface area contributed by atoms with Crippen molar-refractivity contribution < 1.29 is 9.47 Å². The molecule has 1 atom stereocenters. The summed E-state index contributed by atoms with van der Waals surface area (Å²) < 4.78 is 13.6. The number of fused-ring (bicyclic) bond motifs is 3. The molecule has 0 saturated heterocycles. The van der Waals surface area contributed by atoms with Gasteiger partial charge in [-0.05, 0) is 12.1 Å². The normalized spacial score (nSPS) is 16.4. The smallest absolute Gasteiger partial charge is 0.136 e. The zero-order valence-electron chi connectivity index (χ0n) is 16.0. The first kappa shape index (κ1) is 18.7. The molecule has 0 spiro atoms.